The van der Waals surface area contributed by atoms with Crippen molar-refractivity contribution in [2.24, 2.45) is 0 Å². The van der Waals surface area contributed by atoms with Gasteiger partial charge >= 0.3 is 5.97 Å². The van der Waals surface area contributed by atoms with E-state index in [-0.39, 0.29) is 17.7 Å². The van der Waals surface area contributed by atoms with Gasteiger partial charge in [-0.25, -0.2) is 0 Å². The van der Waals surface area contributed by atoms with E-state index in [0.29, 0.717) is 6.42 Å². The number of aryl methyl sites for hydroxylation is 1. The maximum Gasteiger partial charge on any atom is 0.303 e. The first-order chi connectivity index (χ1) is 11.1. The van der Waals surface area contributed by atoms with Crippen molar-refractivity contribution in [2.75, 3.05) is 5.32 Å². The van der Waals surface area contributed by atoms with Gasteiger partial charge in [-0.1, -0.05) is 42.5 Å². The minimum atomic E-state index is -0.805. The number of hydrogen-bond acceptors (Lipinski definition) is 2. The molecule has 1 aliphatic rings. The molecule has 1 amide bonds. The van der Waals surface area contributed by atoms with Crippen LogP contribution in [-0.2, 0) is 21.4 Å². The fourth-order valence-corrected chi connectivity index (χ4v) is 2.79. The molecule has 1 aliphatic carbocycles. The van der Waals surface area contributed by atoms with Crippen LogP contribution in [0.15, 0.2) is 54.6 Å². The maximum absolute atomic E-state index is 12.6. The summed E-state index contributed by atoms with van der Waals surface area (Å²) in [5, 5.41) is 11.7. The second-order valence-electron chi connectivity index (χ2n) is 5.99. The van der Waals surface area contributed by atoms with E-state index in [1.165, 1.54) is 0 Å². The topological polar surface area (TPSA) is 66.4 Å². The third-order valence-corrected chi connectivity index (χ3v) is 4.35. The molecule has 4 heteroatoms. The van der Waals surface area contributed by atoms with Gasteiger partial charge in [-0.2, -0.15) is 0 Å². The Morgan fingerprint density at radius 2 is 1.65 bits per heavy atom. The summed E-state index contributed by atoms with van der Waals surface area (Å²) >= 11 is 0. The van der Waals surface area contributed by atoms with E-state index in [0.717, 1.165) is 29.7 Å². The Kier molecular flexibility index (Phi) is 4.15. The molecule has 0 spiro atoms. The number of nitrogens with one attached hydrogen (secondary N) is 1. The van der Waals surface area contributed by atoms with Crippen molar-refractivity contribution in [3.8, 4) is 0 Å². The number of carboxylic acids is 1. The van der Waals surface area contributed by atoms with Crippen molar-refractivity contribution in [2.45, 2.75) is 31.1 Å². The second kappa shape index (κ2) is 6.24. The van der Waals surface area contributed by atoms with E-state index in [9.17, 15) is 9.59 Å². The fraction of sp³-hybridized carbons (Fsp3) is 0.263. The van der Waals surface area contributed by atoms with Crippen LogP contribution in [0, 0.1) is 0 Å². The molecule has 0 atom stereocenters. The van der Waals surface area contributed by atoms with Gasteiger partial charge in [0.2, 0.25) is 5.91 Å². The molecule has 0 radical (unpaired) electrons. The molecule has 2 aromatic rings. The van der Waals surface area contributed by atoms with Crippen molar-refractivity contribution in [1.29, 1.82) is 0 Å². The fourth-order valence-electron chi connectivity index (χ4n) is 2.79. The minimum Gasteiger partial charge on any atom is -0.481 e. The van der Waals surface area contributed by atoms with E-state index in [2.05, 4.69) is 5.32 Å². The molecule has 0 aromatic heterocycles. The van der Waals surface area contributed by atoms with Crippen LogP contribution in [0.25, 0.3) is 0 Å². The second-order valence-corrected chi connectivity index (χ2v) is 5.99. The van der Waals surface area contributed by atoms with E-state index < -0.39 is 5.97 Å². The Morgan fingerprint density at radius 3 is 2.22 bits per heavy atom. The molecule has 0 saturated heterocycles. The molecule has 1 fully saturated rings. The molecular weight excluding hydrogens is 290 g/mol. The monoisotopic (exact) mass is 309 g/mol. The number of aliphatic carboxylic acids is 1. The predicted octanol–water partition coefficient (Wildman–Crippen LogP) is 3.37. The van der Waals surface area contributed by atoms with Crippen LogP contribution in [0.1, 0.15) is 30.4 Å². The largest absolute Gasteiger partial charge is 0.481 e. The van der Waals surface area contributed by atoms with E-state index in [1.54, 1.807) is 0 Å². The summed E-state index contributed by atoms with van der Waals surface area (Å²) in [7, 11) is 0. The zero-order valence-electron chi connectivity index (χ0n) is 12.8. The zero-order valence-corrected chi connectivity index (χ0v) is 12.8. The normalized spacial score (nSPS) is 15.0. The molecule has 118 valence electrons. The summed E-state index contributed by atoms with van der Waals surface area (Å²) in [4.78, 5) is 23.2. The summed E-state index contributed by atoms with van der Waals surface area (Å²) in [6.45, 7) is 0. The van der Waals surface area contributed by atoms with Gasteiger partial charge in [0.1, 0.15) is 0 Å². The van der Waals surface area contributed by atoms with Gasteiger partial charge in [0, 0.05) is 12.1 Å². The molecule has 0 aliphatic heterocycles. The summed E-state index contributed by atoms with van der Waals surface area (Å²) in [5.41, 5.74) is 2.38. The average Bonchev–Trinajstić information content (AvgIpc) is 3.37. The lowest BCUT2D eigenvalue weighted by Crippen LogP contribution is -2.27. The van der Waals surface area contributed by atoms with Crippen LogP contribution in [0.2, 0.25) is 0 Å². The van der Waals surface area contributed by atoms with Crippen molar-refractivity contribution in [3.05, 3.63) is 65.7 Å². The molecule has 0 bridgehead atoms. The number of carbonyl (C=O) groups excluding carboxylic acids is 1. The van der Waals surface area contributed by atoms with Gasteiger partial charge < -0.3 is 10.4 Å². The van der Waals surface area contributed by atoms with Crippen LogP contribution in [-0.4, -0.2) is 17.0 Å². The van der Waals surface area contributed by atoms with Gasteiger partial charge in [0.15, 0.2) is 0 Å². The minimum absolute atomic E-state index is 0.0296. The standard InChI is InChI=1S/C19H19NO3/c21-17(22)11-8-14-6-9-16(10-7-14)20-18(23)19(12-13-19)15-4-2-1-3-5-15/h1-7,9-10H,8,11-13H2,(H,20,23)(H,21,22). The lowest BCUT2D eigenvalue weighted by molar-refractivity contribution is -0.137. The number of anilines is 1. The molecule has 2 aromatic carbocycles. The molecule has 0 unspecified atom stereocenters. The predicted molar refractivity (Wildman–Crippen MR) is 88.4 cm³/mol. The average molecular weight is 309 g/mol. The van der Waals surface area contributed by atoms with Crippen LogP contribution >= 0.6 is 0 Å². The first-order valence-corrected chi connectivity index (χ1v) is 7.78. The summed E-state index contributed by atoms with van der Waals surface area (Å²) in [6, 6.07) is 17.3. The highest BCUT2D eigenvalue weighted by molar-refractivity contribution is 6.01. The van der Waals surface area contributed by atoms with Crippen molar-refractivity contribution < 1.29 is 14.7 Å². The molecule has 2 N–H and O–H groups in total. The number of benzene rings is 2. The number of rotatable bonds is 6. The molecule has 4 nitrogen and oxygen atoms in total. The first kappa shape index (κ1) is 15.3. The first-order valence-electron chi connectivity index (χ1n) is 7.78. The highest BCUT2D eigenvalue weighted by Crippen LogP contribution is 2.48. The Morgan fingerprint density at radius 1 is 1.00 bits per heavy atom. The van der Waals surface area contributed by atoms with E-state index in [1.807, 2.05) is 54.6 Å². The van der Waals surface area contributed by atoms with E-state index in [4.69, 9.17) is 5.11 Å². The molecule has 23 heavy (non-hydrogen) atoms. The number of carboxylic acid groups (broad SMARTS) is 1. The number of hydrogen-bond donors (Lipinski definition) is 2. The summed E-state index contributed by atoms with van der Waals surface area (Å²) < 4.78 is 0. The lowest BCUT2D eigenvalue weighted by atomic mass is 9.95. The van der Waals surface area contributed by atoms with Gasteiger partial charge in [-0.3, -0.25) is 9.59 Å². The molecule has 1 saturated carbocycles. The van der Waals surface area contributed by atoms with E-state index >= 15 is 0 Å². The van der Waals surface area contributed by atoms with Crippen molar-refractivity contribution in [1.82, 2.24) is 0 Å². The third-order valence-electron chi connectivity index (χ3n) is 4.35. The van der Waals surface area contributed by atoms with Gasteiger partial charge in [0.25, 0.3) is 0 Å². The lowest BCUT2D eigenvalue weighted by Gasteiger charge is -2.16. The maximum atomic E-state index is 12.6. The Labute approximate surface area is 135 Å². The van der Waals surface area contributed by atoms with Crippen LogP contribution in [0.4, 0.5) is 5.69 Å². The highest BCUT2D eigenvalue weighted by Gasteiger charge is 2.51. The summed E-state index contributed by atoms with van der Waals surface area (Å²) in [5.74, 6) is -0.775. The number of carbonyl (C=O) groups is 2. The highest BCUT2D eigenvalue weighted by atomic mass is 16.4. The molecule has 3 rings (SSSR count). The SMILES string of the molecule is O=C(O)CCc1ccc(NC(=O)C2(c3ccccc3)CC2)cc1. The smallest absolute Gasteiger partial charge is 0.303 e. The van der Waals surface area contributed by atoms with Crippen molar-refractivity contribution >= 4 is 17.6 Å². The number of amides is 1. The Bertz CT molecular complexity index is 703. The third kappa shape index (κ3) is 3.42. The zero-order chi connectivity index (χ0) is 16.3. The van der Waals surface area contributed by atoms with Gasteiger partial charge in [-0.15, -0.1) is 0 Å². The Hall–Kier alpha value is -2.62. The van der Waals surface area contributed by atoms with Crippen LogP contribution < -0.4 is 5.32 Å². The van der Waals surface area contributed by atoms with Crippen LogP contribution in [0.3, 0.4) is 0 Å². The van der Waals surface area contributed by atoms with Crippen LogP contribution in [0.5, 0.6) is 0 Å². The van der Waals surface area contributed by atoms with Gasteiger partial charge in [-0.05, 0) is 42.5 Å². The molecule has 0 heterocycles. The van der Waals surface area contributed by atoms with Crippen molar-refractivity contribution in [3.63, 3.8) is 0 Å². The van der Waals surface area contributed by atoms with Gasteiger partial charge in [0.05, 0.1) is 5.41 Å². The Balaban J connectivity index is 1.65. The summed E-state index contributed by atoms with van der Waals surface area (Å²) in [6.07, 6.45) is 2.36. The molecular formula is C19H19NO3. The quantitative estimate of drug-likeness (QED) is 0.859.